The van der Waals surface area contributed by atoms with Crippen molar-refractivity contribution in [3.8, 4) is 11.3 Å². The zero-order valence-corrected chi connectivity index (χ0v) is 16.8. The average molecular weight is 377 g/mol. The zero-order chi connectivity index (χ0) is 19.1. The Kier molecular flexibility index (Phi) is 4.33. The molecule has 6 nitrogen and oxygen atoms in total. The molecule has 2 aliphatic rings. The SMILES string of the molecule is CN1CCn2c(-c3ccccc3)cnc2C12CCN(Cc1cnn(C)c1)CC2. The van der Waals surface area contributed by atoms with E-state index in [-0.39, 0.29) is 5.54 Å². The lowest BCUT2D eigenvalue weighted by Gasteiger charge is -2.49. The molecule has 0 saturated carbocycles. The van der Waals surface area contributed by atoms with Crippen molar-refractivity contribution in [2.75, 3.05) is 26.7 Å². The Morgan fingerprint density at radius 3 is 2.46 bits per heavy atom. The molecule has 0 unspecified atom stereocenters. The summed E-state index contributed by atoms with van der Waals surface area (Å²) in [4.78, 5) is 10.1. The first-order chi connectivity index (χ1) is 13.7. The fourth-order valence-electron chi connectivity index (χ4n) is 4.95. The van der Waals surface area contributed by atoms with E-state index in [0.717, 1.165) is 45.6 Å². The number of piperidine rings is 1. The lowest BCUT2D eigenvalue weighted by molar-refractivity contribution is 0.00700. The molecule has 1 spiro atoms. The monoisotopic (exact) mass is 376 g/mol. The molecule has 1 fully saturated rings. The number of hydrogen-bond acceptors (Lipinski definition) is 4. The van der Waals surface area contributed by atoms with Gasteiger partial charge in [0, 0.05) is 51.5 Å². The fourth-order valence-corrected chi connectivity index (χ4v) is 4.95. The Labute approximate surface area is 166 Å². The van der Waals surface area contributed by atoms with E-state index in [4.69, 9.17) is 4.98 Å². The number of hydrogen-bond donors (Lipinski definition) is 0. The predicted molar refractivity (Wildman–Crippen MR) is 110 cm³/mol. The summed E-state index contributed by atoms with van der Waals surface area (Å²) in [6.07, 6.45) is 8.42. The molecule has 0 radical (unpaired) electrons. The fraction of sp³-hybridized carbons (Fsp3) is 0.455. The third-order valence-electron chi connectivity index (χ3n) is 6.58. The van der Waals surface area contributed by atoms with Gasteiger partial charge < -0.3 is 4.57 Å². The van der Waals surface area contributed by atoms with E-state index in [1.807, 2.05) is 17.9 Å². The Morgan fingerprint density at radius 2 is 1.75 bits per heavy atom. The molecule has 146 valence electrons. The molecule has 1 aromatic carbocycles. The van der Waals surface area contributed by atoms with Gasteiger partial charge in [0.15, 0.2) is 0 Å². The van der Waals surface area contributed by atoms with E-state index in [1.165, 1.54) is 22.6 Å². The maximum atomic E-state index is 4.96. The lowest BCUT2D eigenvalue weighted by atomic mass is 9.83. The molecule has 0 aliphatic carbocycles. The topological polar surface area (TPSA) is 42.1 Å². The van der Waals surface area contributed by atoms with Crippen LogP contribution in [0.25, 0.3) is 11.3 Å². The van der Waals surface area contributed by atoms with Gasteiger partial charge in [-0.1, -0.05) is 30.3 Å². The summed E-state index contributed by atoms with van der Waals surface area (Å²) in [6.45, 7) is 5.25. The van der Waals surface area contributed by atoms with Crippen LogP contribution in [0, 0.1) is 0 Å². The molecule has 0 atom stereocenters. The van der Waals surface area contributed by atoms with E-state index in [2.05, 4.69) is 69.2 Å². The smallest absolute Gasteiger partial charge is 0.129 e. The van der Waals surface area contributed by atoms with Crippen molar-refractivity contribution in [3.05, 3.63) is 60.3 Å². The van der Waals surface area contributed by atoms with Crippen molar-refractivity contribution >= 4 is 0 Å². The Balaban J connectivity index is 1.40. The van der Waals surface area contributed by atoms with Gasteiger partial charge in [-0.2, -0.15) is 5.10 Å². The normalized spacial score (nSPS) is 19.8. The first-order valence-electron chi connectivity index (χ1n) is 10.2. The quantitative estimate of drug-likeness (QED) is 0.705. The van der Waals surface area contributed by atoms with Crippen LogP contribution < -0.4 is 0 Å². The van der Waals surface area contributed by atoms with Crippen LogP contribution in [0.15, 0.2) is 48.9 Å². The molecule has 5 rings (SSSR count). The van der Waals surface area contributed by atoms with Gasteiger partial charge in [-0.05, 0) is 25.5 Å². The van der Waals surface area contributed by atoms with E-state index < -0.39 is 0 Å². The highest BCUT2D eigenvalue weighted by Crippen LogP contribution is 2.41. The summed E-state index contributed by atoms with van der Waals surface area (Å²) in [5.74, 6) is 1.25. The third-order valence-corrected chi connectivity index (χ3v) is 6.58. The van der Waals surface area contributed by atoms with Crippen LogP contribution in [0.5, 0.6) is 0 Å². The van der Waals surface area contributed by atoms with Crippen LogP contribution in [-0.4, -0.2) is 55.8 Å². The van der Waals surface area contributed by atoms with Gasteiger partial charge in [0.25, 0.3) is 0 Å². The second kappa shape index (κ2) is 6.87. The lowest BCUT2D eigenvalue weighted by Crippen LogP contribution is -2.56. The summed E-state index contributed by atoms with van der Waals surface area (Å²) >= 11 is 0. The van der Waals surface area contributed by atoms with Gasteiger partial charge >= 0.3 is 0 Å². The third kappa shape index (κ3) is 2.88. The van der Waals surface area contributed by atoms with Crippen LogP contribution >= 0.6 is 0 Å². The van der Waals surface area contributed by atoms with Gasteiger partial charge in [0.05, 0.1) is 23.6 Å². The molecule has 1 saturated heterocycles. The molecule has 0 N–H and O–H groups in total. The number of aromatic nitrogens is 4. The minimum atomic E-state index is 0.0523. The molecular formula is C22H28N6. The summed E-state index contributed by atoms with van der Waals surface area (Å²) < 4.78 is 4.35. The number of rotatable bonds is 3. The molecule has 4 heterocycles. The van der Waals surface area contributed by atoms with Crippen LogP contribution in [0.3, 0.4) is 0 Å². The average Bonchev–Trinajstić information content (AvgIpc) is 3.34. The first-order valence-corrected chi connectivity index (χ1v) is 10.2. The van der Waals surface area contributed by atoms with Crippen molar-refractivity contribution in [1.29, 1.82) is 0 Å². The first kappa shape index (κ1) is 17.6. The molecule has 6 heteroatoms. The molecule has 2 aliphatic heterocycles. The standard InChI is InChI=1S/C22H28N6/c1-25-12-13-28-20(19-6-4-3-5-7-19)15-23-21(28)22(25)8-10-27(11-9-22)17-18-14-24-26(2)16-18/h3-7,14-16H,8-13,17H2,1-2H3. The second-order valence-electron chi connectivity index (χ2n) is 8.24. The second-order valence-corrected chi connectivity index (χ2v) is 8.24. The number of nitrogens with zero attached hydrogens (tertiary/aromatic N) is 6. The maximum Gasteiger partial charge on any atom is 0.129 e. The molecule has 0 amide bonds. The van der Waals surface area contributed by atoms with Crippen molar-refractivity contribution in [3.63, 3.8) is 0 Å². The number of benzene rings is 1. The largest absolute Gasteiger partial charge is 0.325 e. The minimum absolute atomic E-state index is 0.0523. The minimum Gasteiger partial charge on any atom is -0.325 e. The van der Waals surface area contributed by atoms with Crippen molar-refractivity contribution in [2.45, 2.75) is 31.5 Å². The van der Waals surface area contributed by atoms with E-state index in [9.17, 15) is 0 Å². The zero-order valence-electron chi connectivity index (χ0n) is 16.8. The Morgan fingerprint density at radius 1 is 0.964 bits per heavy atom. The summed E-state index contributed by atoms with van der Waals surface area (Å²) in [5, 5.41) is 4.31. The highest BCUT2D eigenvalue weighted by molar-refractivity contribution is 5.59. The van der Waals surface area contributed by atoms with Crippen molar-refractivity contribution in [2.24, 2.45) is 7.05 Å². The van der Waals surface area contributed by atoms with Gasteiger partial charge in [-0.15, -0.1) is 0 Å². The molecular weight excluding hydrogens is 348 g/mol. The predicted octanol–water partition coefficient (Wildman–Crippen LogP) is 2.72. The molecule has 2 aromatic heterocycles. The number of fused-ring (bicyclic) bond motifs is 2. The molecule has 3 aromatic rings. The van der Waals surface area contributed by atoms with Gasteiger partial charge in [-0.3, -0.25) is 14.5 Å². The van der Waals surface area contributed by atoms with Crippen molar-refractivity contribution < 1.29 is 0 Å². The van der Waals surface area contributed by atoms with E-state index in [0.29, 0.717) is 0 Å². The maximum absolute atomic E-state index is 4.96. The van der Waals surface area contributed by atoms with Crippen LogP contribution in [0.1, 0.15) is 24.2 Å². The van der Waals surface area contributed by atoms with E-state index >= 15 is 0 Å². The van der Waals surface area contributed by atoms with E-state index in [1.54, 1.807) is 0 Å². The van der Waals surface area contributed by atoms with Gasteiger partial charge in [0.1, 0.15) is 5.82 Å². The van der Waals surface area contributed by atoms with Crippen LogP contribution in [0.4, 0.5) is 0 Å². The number of aryl methyl sites for hydroxylation is 1. The summed E-state index contributed by atoms with van der Waals surface area (Å²) in [6, 6.07) is 10.7. The van der Waals surface area contributed by atoms with Crippen LogP contribution in [0.2, 0.25) is 0 Å². The number of likely N-dealkylation sites (N-methyl/N-ethyl adjacent to an activating group) is 1. The summed E-state index contributed by atoms with van der Waals surface area (Å²) in [7, 11) is 4.26. The van der Waals surface area contributed by atoms with Gasteiger partial charge in [0.2, 0.25) is 0 Å². The van der Waals surface area contributed by atoms with Crippen LogP contribution in [-0.2, 0) is 25.7 Å². The molecule has 0 bridgehead atoms. The number of likely N-dealkylation sites (tertiary alicyclic amines) is 1. The highest BCUT2D eigenvalue weighted by Gasteiger charge is 2.45. The van der Waals surface area contributed by atoms with Crippen molar-refractivity contribution in [1.82, 2.24) is 29.1 Å². The number of imidazole rings is 1. The van der Waals surface area contributed by atoms with Gasteiger partial charge in [-0.25, -0.2) is 4.98 Å². The summed E-state index contributed by atoms with van der Waals surface area (Å²) in [5.41, 5.74) is 3.86. The Hall–Kier alpha value is -2.44. The molecule has 28 heavy (non-hydrogen) atoms. The highest BCUT2D eigenvalue weighted by atomic mass is 15.3. The Bertz CT molecular complexity index is 949.